The summed E-state index contributed by atoms with van der Waals surface area (Å²) in [6.07, 6.45) is 1.46. The van der Waals surface area contributed by atoms with Gasteiger partial charge in [0.1, 0.15) is 0 Å². The van der Waals surface area contributed by atoms with Gasteiger partial charge in [-0.3, -0.25) is 0 Å². The molecule has 190 valence electrons. The van der Waals surface area contributed by atoms with Gasteiger partial charge < -0.3 is 9.30 Å². The molecule has 0 bridgehead atoms. The minimum absolute atomic E-state index is 0.0275. The molecular formula is C25H33N3O5S2. The van der Waals surface area contributed by atoms with Crippen LogP contribution in [0.2, 0.25) is 0 Å². The Morgan fingerprint density at radius 1 is 1.03 bits per heavy atom. The minimum Gasteiger partial charge on any atom is -0.383 e. The summed E-state index contributed by atoms with van der Waals surface area (Å²) in [6, 6.07) is 15.5. The minimum atomic E-state index is -3.83. The molecule has 3 rings (SSSR count). The van der Waals surface area contributed by atoms with Crippen molar-refractivity contribution in [3.8, 4) is 0 Å². The maximum absolute atomic E-state index is 13.4. The van der Waals surface area contributed by atoms with Gasteiger partial charge in [-0.05, 0) is 30.5 Å². The number of aryl methyl sites for hydroxylation is 1. The Hall–Kier alpha value is -2.53. The van der Waals surface area contributed by atoms with Crippen LogP contribution in [0.4, 0.5) is 0 Å². The fraction of sp³-hybridized carbons (Fsp3) is 0.400. The van der Waals surface area contributed by atoms with E-state index in [9.17, 15) is 16.8 Å². The first-order chi connectivity index (χ1) is 16.5. The van der Waals surface area contributed by atoms with Gasteiger partial charge in [0.05, 0.1) is 35.7 Å². The molecule has 0 aliphatic carbocycles. The molecular weight excluding hydrogens is 486 g/mol. The van der Waals surface area contributed by atoms with Gasteiger partial charge in [-0.1, -0.05) is 61.9 Å². The number of hydrogen-bond acceptors (Lipinski definition) is 6. The number of imidazole rings is 1. The zero-order valence-corrected chi connectivity index (χ0v) is 22.2. The van der Waals surface area contributed by atoms with Gasteiger partial charge >= 0.3 is 0 Å². The molecule has 8 nitrogen and oxygen atoms in total. The van der Waals surface area contributed by atoms with Gasteiger partial charge in [0, 0.05) is 20.2 Å². The monoisotopic (exact) mass is 519 g/mol. The number of aromatic nitrogens is 2. The lowest BCUT2D eigenvalue weighted by Gasteiger charge is -2.23. The van der Waals surface area contributed by atoms with Crippen molar-refractivity contribution in [2.45, 2.75) is 49.7 Å². The smallest absolute Gasteiger partial charge is 0.243 e. The molecule has 0 aliphatic heterocycles. The summed E-state index contributed by atoms with van der Waals surface area (Å²) >= 11 is 0. The highest BCUT2D eigenvalue weighted by molar-refractivity contribution is 7.90. The third kappa shape index (κ3) is 6.78. The lowest BCUT2D eigenvalue weighted by atomic mass is 10.2. The van der Waals surface area contributed by atoms with Crippen molar-refractivity contribution < 1.29 is 21.6 Å². The second-order valence-electron chi connectivity index (χ2n) is 8.93. The zero-order chi connectivity index (χ0) is 25.6. The Kier molecular flexibility index (Phi) is 8.87. The van der Waals surface area contributed by atoms with E-state index in [1.54, 1.807) is 28.8 Å². The molecule has 0 fully saturated rings. The first kappa shape index (κ1) is 27.1. The third-order valence-electron chi connectivity index (χ3n) is 5.43. The highest BCUT2D eigenvalue weighted by Gasteiger charge is 2.29. The van der Waals surface area contributed by atoms with Crippen molar-refractivity contribution in [2.75, 3.05) is 20.3 Å². The SMILES string of the molecule is COCCN(Cc1cnc(S(=O)(=O)Cc2cccc(C)c2)n1CC(C)C)S(=O)(=O)c1ccccc1. The van der Waals surface area contributed by atoms with Gasteiger partial charge in [0.2, 0.25) is 25.0 Å². The standard InChI is InChI=1S/C25H33N3O5S2/c1-20(2)17-28-23(16-26-25(28)34(29,30)19-22-10-8-9-21(3)15-22)18-27(13-14-33-4)35(31,32)24-11-6-5-7-12-24/h5-12,15-16,20H,13-14,17-19H2,1-4H3. The summed E-state index contributed by atoms with van der Waals surface area (Å²) in [4.78, 5) is 4.43. The molecule has 0 unspecified atom stereocenters. The van der Waals surface area contributed by atoms with Crippen LogP contribution in [0.3, 0.4) is 0 Å². The van der Waals surface area contributed by atoms with E-state index in [4.69, 9.17) is 4.74 Å². The lowest BCUT2D eigenvalue weighted by molar-refractivity contribution is 0.176. The Bertz CT molecular complexity index is 1330. The number of hydrogen-bond donors (Lipinski definition) is 0. The summed E-state index contributed by atoms with van der Waals surface area (Å²) in [7, 11) is -6.09. The normalized spacial score (nSPS) is 12.5. The van der Waals surface area contributed by atoms with Crippen molar-refractivity contribution in [3.63, 3.8) is 0 Å². The molecule has 0 amide bonds. The van der Waals surface area contributed by atoms with Crippen LogP contribution in [0.15, 0.2) is 70.8 Å². The van der Waals surface area contributed by atoms with Crippen LogP contribution in [0.5, 0.6) is 0 Å². The summed E-state index contributed by atoms with van der Waals surface area (Å²) in [6.45, 7) is 6.54. The Balaban J connectivity index is 2.00. The number of ether oxygens (including phenoxy) is 1. The van der Waals surface area contributed by atoms with Crippen LogP contribution in [0, 0.1) is 12.8 Å². The van der Waals surface area contributed by atoms with Crippen LogP contribution >= 0.6 is 0 Å². The van der Waals surface area contributed by atoms with E-state index in [0.717, 1.165) is 5.56 Å². The largest absolute Gasteiger partial charge is 0.383 e. The highest BCUT2D eigenvalue weighted by Crippen LogP contribution is 2.23. The molecule has 1 aromatic heterocycles. The van der Waals surface area contributed by atoms with E-state index in [-0.39, 0.29) is 41.4 Å². The van der Waals surface area contributed by atoms with Gasteiger partial charge in [0.15, 0.2) is 0 Å². The van der Waals surface area contributed by atoms with E-state index in [2.05, 4.69) is 4.98 Å². The average Bonchev–Trinajstić information content (AvgIpc) is 3.19. The quantitative estimate of drug-likeness (QED) is 0.362. The summed E-state index contributed by atoms with van der Waals surface area (Å²) in [5, 5.41) is -0.0495. The van der Waals surface area contributed by atoms with Crippen LogP contribution in [-0.4, -0.2) is 51.0 Å². The van der Waals surface area contributed by atoms with E-state index in [1.165, 1.54) is 29.7 Å². The van der Waals surface area contributed by atoms with Crippen LogP contribution in [-0.2, 0) is 43.4 Å². The van der Waals surface area contributed by atoms with E-state index < -0.39 is 19.9 Å². The maximum Gasteiger partial charge on any atom is 0.243 e. The molecule has 1 heterocycles. The molecule has 0 saturated heterocycles. The van der Waals surface area contributed by atoms with Crippen LogP contribution in [0.1, 0.15) is 30.7 Å². The number of benzene rings is 2. The summed E-state index contributed by atoms with van der Waals surface area (Å²) < 4.78 is 61.6. The molecule has 35 heavy (non-hydrogen) atoms. The molecule has 10 heteroatoms. The van der Waals surface area contributed by atoms with Gasteiger partial charge in [-0.15, -0.1) is 0 Å². The van der Waals surface area contributed by atoms with Crippen molar-refractivity contribution in [2.24, 2.45) is 5.92 Å². The highest BCUT2D eigenvalue weighted by atomic mass is 32.2. The Morgan fingerprint density at radius 2 is 1.74 bits per heavy atom. The molecule has 0 N–H and O–H groups in total. The Labute approximate surface area is 208 Å². The van der Waals surface area contributed by atoms with Gasteiger partial charge in [0.25, 0.3) is 0 Å². The fourth-order valence-electron chi connectivity index (χ4n) is 3.81. The number of methoxy groups -OCH3 is 1. The molecule has 0 atom stereocenters. The van der Waals surface area contributed by atoms with Crippen LogP contribution < -0.4 is 0 Å². The van der Waals surface area contributed by atoms with E-state index in [1.807, 2.05) is 39.0 Å². The van der Waals surface area contributed by atoms with Gasteiger partial charge in [-0.2, -0.15) is 4.31 Å². The number of sulfone groups is 1. The number of rotatable bonds is 12. The summed E-state index contributed by atoms with van der Waals surface area (Å²) in [5.74, 6) is -0.0621. The predicted octanol–water partition coefficient (Wildman–Crippen LogP) is 3.66. The number of nitrogens with zero attached hydrogens (tertiary/aromatic N) is 3. The summed E-state index contributed by atoms with van der Waals surface area (Å²) in [5.41, 5.74) is 2.17. The first-order valence-electron chi connectivity index (χ1n) is 11.4. The molecule has 0 spiro atoms. The van der Waals surface area contributed by atoms with E-state index in [0.29, 0.717) is 17.8 Å². The third-order valence-corrected chi connectivity index (χ3v) is 8.89. The molecule has 0 saturated carbocycles. The molecule has 2 aromatic carbocycles. The second-order valence-corrected chi connectivity index (χ2v) is 12.8. The van der Waals surface area contributed by atoms with Gasteiger partial charge in [-0.25, -0.2) is 21.8 Å². The molecule has 0 aliphatic rings. The van der Waals surface area contributed by atoms with Crippen molar-refractivity contribution in [1.82, 2.24) is 13.9 Å². The lowest BCUT2D eigenvalue weighted by Crippen LogP contribution is -2.34. The second kappa shape index (κ2) is 11.5. The topological polar surface area (TPSA) is 98.6 Å². The Morgan fingerprint density at radius 3 is 2.37 bits per heavy atom. The van der Waals surface area contributed by atoms with Crippen LogP contribution in [0.25, 0.3) is 0 Å². The number of sulfonamides is 1. The molecule has 3 aromatic rings. The zero-order valence-electron chi connectivity index (χ0n) is 20.6. The average molecular weight is 520 g/mol. The van der Waals surface area contributed by atoms with E-state index >= 15 is 0 Å². The predicted molar refractivity (Wildman–Crippen MR) is 135 cm³/mol. The maximum atomic E-state index is 13.4. The molecule has 0 radical (unpaired) electrons. The van der Waals surface area contributed by atoms with Crippen molar-refractivity contribution >= 4 is 19.9 Å². The van der Waals surface area contributed by atoms with Crippen molar-refractivity contribution in [1.29, 1.82) is 0 Å². The first-order valence-corrected chi connectivity index (χ1v) is 14.5. The van der Waals surface area contributed by atoms with Crippen molar-refractivity contribution in [3.05, 3.63) is 77.6 Å². The fourth-order valence-corrected chi connectivity index (χ4v) is 6.72.